The van der Waals surface area contributed by atoms with Crippen molar-refractivity contribution >= 4 is 5.97 Å². The molecule has 1 unspecified atom stereocenters. The maximum absolute atomic E-state index is 13.0. The highest BCUT2D eigenvalue weighted by molar-refractivity contribution is 5.77. The van der Waals surface area contributed by atoms with Gasteiger partial charge < -0.3 is 4.74 Å². The van der Waals surface area contributed by atoms with Crippen molar-refractivity contribution in [2.75, 3.05) is 0 Å². The summed E-state index contributed by atoms with van der Waals surface area (Å²) in [5.74, 6) is 1.39. The number of carbonyl (C=O) groups excluding carboxylic acids is 1. The van der Waals surface area contributed by atoms with Gasteiger partial charge in [-0.1, -0.05) is 55.4 Å². The van der Waals surface area contributed by atoms with Crippen LogP contribution >= 0.6 is 0 Å². The van der Waals surface area contributed by atoms with Crippen molar-refractivity contribution in [1.29, 1.82) is 0 Å². The van der Waals surface area contributed by atoms with Gasteiger partial charge in [0.15, 0.2) is 0 Å². The van der Waals surface area contributed by atoms with E-state index in [2.05, 4.69) is 62.3 Å². The Kier molecular flexibility index (Phi) is 6.98. The first kappa shape index (κ1) is 21.5. The summed E-state index contributed by atoms with van der Waals surface area (Å²) < 4.78 is 6.04. The summed E-state index contributed by atoms with van der Waals surface area (Å²) in [6.45, 7) is 20.1. The first-order valence-corrected chi connectivity index (χ1v) is 9.98. The highest BCUT2D eigenvalue weighted by Crippen LogP contribution is 2.45. The monoisotopic (exact) mass is 338 g/mol. The molecule has 2 heteroatoms. The number of rotatable bonds is 5. The molecule has 0 radical (unpaired) electrons. The van der Waals surface area contributed by atoms with Crippen LogP contribution in [-0.2, 0) is 9.53 Å². The fraction of sp³-hybridized carbons (Fsp3) is 0.955. The Balaban J connectivity index is 2.70. The Morgan fingerprint density at radius 1 is 0.958 bits per heavy atom. The molecule has 0 heterocycles. The fourth-order valence-electron chi connectivity index (χ4n) is 3.69. The summed E-state index contributed by atoms with van der Waals surface area (Å²) in [6, 6.07) is 0. The van der Waals surface area contributed by atoms with E-state index in [0.717, 1.165) is 31.6 Å². The molecule has 0 N–H and O–H groups in total. The van der Waals surface area contributed by atoms with Gasteiger partial charge >= 0.3 is 5.97 Å². The lowest BCUT2D eigenvalue weighted by Crippen LogP contribution is -2.44. The second kappa shape index (κ2) is 7.79. The molecule has 142 valence electrons. The van der Waals surface area contributed by atoms with Crippen LogP contribution in [0.25, 0.3) is 0 Å². The molecule has 2 nitrogen and oxygen atoms in total. The molecule has 1 saturated carbocycles. The van der Waals surface area contributed by atoms with E-state index >= 15 is 0 Å². The normalized spacial score (nSPS) is 25.4. The smallest absolute Gasteiger partial charge is 0.312 e. The van der Waals surface area contributed by atoms with Crippen LogP contribution in [0.1, 0.15) is 101 Å². The Labute approximate surface area is 151 Å². The first-order valence-electron chi connectivity index (χ1n) is 9.98. The summed E-state index contributed by atoms with van der Waals surface area (Å²) >= 11 is 0. The van der Waals surface area contributed by atoms with E-state index in [0.29, 0.717) is 11.3 Å². The van der Waals surface area contributed by atoms with Crippen molar-refractivity contribution in [1.82, 2.24) is 0 Å². The minimum absolute atomic E-state index is 0.0230. The van der Waals surface area contributed by atoms with Crippen molar-refractivity contribution in [2.24, 2.45) is 28.1 Å². The zero-order valence-corrected chi connectivity index (χ0v) is 17.8. The second-order valence-electron chi connectivity index (χ2n) is 10.8. The van der Waals surface area contributed by atoms with E-state index < -0.39 is 5.41 Å². The van der Waals surface area contributed by atoms with Crippen LogP contribution in [0.5, 0.6) is 0 Å². The maximum atomic E-state index is 13.0. The van der Waals surface area contributed by atoms with Gasteiger partial charge in [0.1, 0.15) is 6.10 Å². The van der Waals surface area contributed by atoms with Gasteiger partial charge in [-0.2, -0.15) is 0 Å². The Morgan fingerprint density at radius 3 is 1.83 bits per heavy atom. The van der Waals surface area contributed by atoms with E-state index in [9.17, 15) is 4.79 Å². The van der Waals surface area contributed by atoms with Crippen LogP contribution in [0.4, 0.5) is 0 Å². The summed E-state index contributed by atoms with van der Waals surface area (Å²) in [7, 11) is 0. The lowest BCUT2D eigenvalue weighted by Gasteiger charge is -2.42. The molecule has 1 aliphatic carbocycles. The van der Waals surface area contributed by atoms with Gasteiger partial charge in [0, 0.05) is 0 Å². The maximum Gasteiger partial charge on any atom is 0.312 e. The molecule has 0 bridgehead atoms. The third kappa shape index (κ3) is 5.49. The third-order valence-corrected chi connectivity index (χ3v) is 6.50. The number of esters is 1. The fourth-order valence-corrected chi connectivity index (χ4v) is 3.69. The van der Waals surface area contributed by atoms with E-state index in [1.165, 1.54) is 12.8 Å². The highest BCUT2D eigenvalue weighted by Gasteiger charge is 2.46. The molecule has 0 spiro atoms. The molecule has 24 heavy (non-hydrogen) atoms. The minimum Gasteiger partial charge on any atom is -0.462 e. The van der Waals surface area contributed by atoms with Crippen LogP contribution in [0.2, 0.25) is 0 Å². The molecule has 1 aliphatic rings. The van der Waals surface area contributed by atoms with Gasteiger partial charge in [-0.05, 0) is 68.1 Å². The molecule has 0 aliphatic heterocycles. The lowest BCUT2D eigenvalue weighted by molar-refractivity contribution is -0.170. The van der Waals surface area contributed by atoms with Crippen molar-refractivity contribution in [3.63, 3.8) is 0 Å². The molecule has 0 amide bonds. The van der Waals surface area contributed by atoms with Crippen LogP contribution in [0.15, 0.2) is 0 Å². The number of hydrogen-bond donors (Lipinski definition) is 0. The number of carbonyl (C=O) groups is 1. The summed E-state index contributed by atoms with van der Waals surface area (Å²) in [5.41, 5.74) is -0.119. The molecule has 0 aromatic heterocycles. The molecule has 0 saturated heterocycles. The molecule has 0 aromatic rings. The molecular formula is C22H42O2. The zero-order valence-electron chi connectivity index (χ0n) is 17.8. The van der Waals surface area contributed by atoms with Gasteiger partial charge in [0.2, 0.25) is 0 Å². The first-order chi connectivity index (χ1) is 10.8. The summed E-state index contributed by atoms with van der Waals surface area (Å²) in [6.07, 6.45) is 6.51. The predicted molar refractivity (Wildman–Crippen MR) is 103 cm³/mol. The molecule has 0 aromatic carbocycles. The largest absolute Gasteiger partial charge is 0.462 e. The number of hydrogen-bond acceptors (Lipinski definition) is 2. The Bertz CT molecular complexity index is 403. The van der Waals surface area contributed by atoms with E-state index in [-0.39, 0.29) is 17.5 Å². The predicted octanol–water partition coefficient (Wildman–Crippen LogP) is 6.62. The van der Waals surface area contributed by atoms with Crippen LogP contribution < -0.4 is 0 Å². The summed E-state index contributed by atoms with van der Waals surface area (Å²) in [4.78, 5) is 13.0. The average Bonchev–Trinajstić information content (AvgIpc) is 2.42. The Hall–Kier alpha value is -0.530. The molecule has 1 rings (SSSR count). The van der Waals surface area contributed by atoms with Crippen LogP contribution in [0, 0.1) is 28.1 Å². The molecular weight excluding hydrogens is 296 g/mol. The van der Waals surface area contributed by atoms with Crippen LogP contribution in [0.3, 0.4) is 0 Å². The topological polar surface area (TPSA) is 26.3 Å². The second-order valence-corrected chi connectivity index (χ2v) is 10.8. The van der Waals surface area contributed by atoms with Gasteiger partial charge in [-0.25, -0.2) is 0 Å². The summed E-state index contributed by atoms with van der Waals surface area (Å²) in [5, 5.41) is 0. The van der Waals surface area contributed by atoms with Gasteiger partial charge in [-0.3, -0.25) is 4.79 Å². The van der Waals surface area contributed by atoms with Gasteiger partial charge in [-0.15, -0.1) is 0 Å². The Morgan fingerprint density at radius 2 is 1.46 bits per heavy atom. The SMILES string of the molecule is CC(C)CCC(C)(C(=O)OC1CCC(C(C)(C)C)CC1)C(C)(C)C. The van der Waals surface area contributed by atoms with E-state index in [1.54, 1.807) is 0 Å². The highest BCUT2D eigenvalue weighted by atomic mass is 16.5. The standard InChI is InChI=1S/C22H42O2/c1-16(2)14-15-22(9,21(6,7)8)19(23)24-18-12-10-17(11-13-18)20(3,4)5/h16-18H,10-15H2,1-9H3. The van der Waals surface area contributed by atoms with Gasteiger partial charge in [0.05, 0.1) is 5.41 Å². The third-order valence-electron chi connectivity index (χ3n) is 6.50. The lowest BCUT2D eigenvalue weighted by atomic mass is 9.64. The average molecular weight is 339 g/mol. The minimum atomic E-state index is -0.405. The zero-order chi connectivity index (χ0) is 18.8. The van der Waals surface area contributed by atoms with Crippen molar-refractivity contribution in [3.05, 3.63) is 0 Å². The van der Waals surface area contributed by atoms with E-state index in [1.807, 2.05) is 0 Å². The van der Waals surface area contributed by atoms with Crippen molar-refractivity contribution in [2.45, 2.75) is 107 Å². The van der Waals surface area contributed by atoms with Crippen molar-refractivity contribution < 1.29 is 9.53 Å². The van der Waals surface area contributed by atoms with Crippen molar-refractivity contribution in [3.8, 4) is 0 Å². The molecule has 1 fully saturated rings. The quantitative estimate of drug-likeness (QED) is 0.526. The van der Waals surface area contributed by atoms with Gasteiger partial charge in [0.25, 0.3) is 0 Å². The molecule has 1 atom stereocenters. The van der Waals surface area contributed by atoms with Crippen LogP contribution in [-0.4, -0.2) is 12.1 Å². The number of ether oxygens (including phenoxy) is 1. The van der Waals surface area contributed by atoms with E-state index in [4.69, 9.17) is 4.74 Å².